The van der Waals surface area contributed by atoms with Crippen LogP contribution in [0, 0.1) is 6.92 Å². The number of hydrogen-bond donors (Lipinski definition) is 1. The lowest BCUT2D eigenvalue weighted by molar-refractivity contribution is 0.564. The van der Waals surface area contributed by atoms with E-state index in [2.05, 4.69) is 6.07 Å². The molecule has 3 heteroatoms. The first-order valence-corrected chi connectivity index (χ1v) is 6.05. The maximum atomic E-state index is 10.8. The van der Waals surface area contributed by atoms with Gasteiger partial charge in [-0.2, -0.15) is 0 Å². The van der Waals surface area contributed by atoms with Crippen LogP contribution in [0.25, 0.3) is 11.1 Å². The Bertz CT molecular complexity index is 518. The Morgan fingerprint density at radius 2 is 1.69 bits per heavy atom. The lowest BCUT2D eigenvalue weighted by atomic mass is 10.0. The summed E-state index contributed by atoms with van der Waals surface area (Å²) in [5.41, 5.74) is 3.38. The molecule has 0 bridgehead atoms. The van der Waals surface area contributed by atoms with Crippen LogP contribution in [-0.2, 0) is 11.1 Å². The predicted octanol–water partition coefficient (Wildman–Crippen LogP) is 3.24. The van der Waals surface area contributed by atoms with Crippen molar-refractivity contribution in [3.8, 4) is 11.1 Å². The largest absolute Gasteiger partial charge is 0.302 e. The van der Waals surface area contributed by atoms with Crippen LogP contribution < -0.4 is 0 Å². The highest BCUT2D eigenvalue weighted by molar-refractivity contribution is 7.79. The third-order valence-corrected chi connectivity index (χ3v) is 3.08. The zero-order chi connectivity index (χ0) is 11.5. The Labute approximate surface area is 97.2 Å². The molecule has 2 rings (SSSR count). The molecule has 16 heavy (non-hydrogen) atoms. The summed E-state index contributed by atoms with van der Waals surface area (Å²) < 4.78 is 19.7. The summed E-state index contributed by atoms with van der Waals surface area (Å²) in [6.45, 7) is 2.04. The predicted molar refractivity (Wildman–Crippen MR) is 65.7 cm³/mol. The molecule has 1 atom stereocenters. The Balaban J connectivity index is 2.38. The summed E-state index contributed by atoms with van der Waals surface area (Å²) in [5.74, 6) is 0. The van der Waals surface area contributed by atoms with Gasteiger partial charge in [0.25, 0.3) is 0 Å². The van der Waals surface area contributed by atoms with Crippen LogP contribution in [0.1, 0.15) is 5.56 Å². The highest BCUT2D eigenvalue weighted by Crippen LogP contribution is 2.21. The maximum Gasteiger partial charge on any atom is 0.186 e. The fourth-order valence-corrected chi connectivity index (χ4v) is 1.96. The van der Waals surface area contributed by atoms with Crippen molar-refractivity contribution in [2.75, 3.05) is 0 Å². The summed E-state index contributed by atoms with van der Waals surface area (Å²) in [7, 11) is 0. The van der Waals surface area contributed by atoms with Gasteiger partial charge >= 0.3 is 0 Å². The van der Waals surface area contributed by atoms with Crippen molar-refractivity contribution < 1.29 is 8.76 Å². The van der Waals surface area contributed by atoms with E-state index in [0.717, 1.165) is 11.1 Å². The first kappa shape index (κ1) is 11.0. The Hall–Kier alpha value is -1.45. The van der Waals surface area contributed by atoms with Gasteiger partial charge in [-0.25, -0.2) is 4.21 Å². The highest BCUT2D eigenvalue weighted by Gasteiger charge is 2.01. The van der Waals surface area contributed by atoms with Crippen LogP contribution in [-0.4, -0.2) is 8.76 Å². The van der Waals surface area contributed by atoms with Gasteiger partial charge in [-0.05, 0) is 30.2 Å². The quantitative estimate of drug-likeness (QED) is 0.807. The van der Waals surface area contributed by atoms with Crippen molar-refractivity contribution in [1.82, 2.24) is 0 Å². The zero-order valence-electron chi connectivity index (χ0n) is 8.88. The Kier molecular flexibility index (Phi) is 3.17. The average molecular weight is 232 g/mol. The molecule has 1 N–H and O–H groups in total. The molecule has 0 aliphatic carbocycles. The molecule has 0 aliphatic rings. The molecule has 0 fully saturated rings. The minimum atomic E-state index is -1.90. The summed E-state index contributed by atoms with van der Waals surface area (Å²) >= 11 is -1.90. The molecular formula is C13H12O2S. The molecule has 0 spiro atoms. The van der Waals surface area contributed by atoms with Gasteiger partial charge in [-0.3, -0.25) is 0 Å². The lowest BCUT2D eigenvalue weighted by Gasteiger charge is -2.03. The summed E-state index contributed by atoms with van der Waals surface area (Å²) in [4.78, 5) is 0.427. The molecule has 2 aromatic carbocycles. The molecule has 2 aromatic rings. The van der Waals surface area contributed by atoms with Crippen molar-refractivity contribution in [2.24, 2.45) is 0 Å². The van der Waals surface area contributed by atoms with Gasteiger partial charge in [0.2, 0.25) is 0 Å². The SMILES string of the molecule is Cc1cccc(-c2ccc(S(=O)O)cc2)c1. The van der Waals surface area contributed by atoms with Crippen LogP contribution in [0.3, 0.4) is 0 Å². The van der Waals surface area contributed by atoms with E-state index >= 15 is 0 Å². The summed E-state index contributed by atoms with van der Waals surface area (Å²) in [5, 5.41) is 0. The molecule has 0 saturated carbocycles. The maximum absolute atomic E-state index is 10.8. The lowest BCUT2D eigenvalue weighted by Crippen LogP contribution is -1.87. The van der Waals surface area contributed by atoms with E-state index in [0.29, 0.717) is 4.90 Å². The number of hydrogen-bond acceptors (Lipinski definition) is 1. The number of aryl methyl sites for hydroxylation is 1. The van der Waals surface area contributed by atoms with Gasteiger partial charge in [-0.15, -0.1) is 0 Å². The normalized spacial score (nSPS) is 12.4. The van der Waals surface area contributed by atoms with Crippen molar-refractivity contribution in [3.05, 3.63) is 54.1 Å². The van der Waals surface area contributed by atoms with Gasteiger partial charge in [0.1, 0.15) is 0 Å². The van der Waals surface area contributed by atoms with E-state index in [9.17, 15) is 4.21 Å². The van der Waals surface area contributed by atoms with Crippen molar-refractivity contribution in [3.63, 3.8) is 0 Å². The molecular weight excluding hydrogens is 220 g/mol. The smallest absolute Gasteiger partial charge is 0.186 e. The molecule has 1 unspecified atom stereocenters. The van der Waals surface area contributed by atoms with Gasteiger partial charge in [0, 0.05) is 0 Å². The Morgan fingerprint density at radius 1 is 1.00 bits per heavy atom. The molecule has 0 saturated heterocycles. The van der Waals surface area contributed by atoms with Crippen molar-refractivity contribution >= 4 is 11.1 Å². The molecule has 0 radical (unpaired) electrons. The molecule has 0 heterocycles. The van der Waals surface area contributed by atoms with Crippen molar-refractivity contribution in [1.29, 1.82) is 0 Å². The summed E-state index contributed by atoms with van der Waals surface area (Å²) in [6.07, 6.45) is 0. The molecule has 0 aromatic heterocycles. The first-order valence-electron chi connectivity index (χ1n) is 4.95. The molecule has 0 aliphatic heterocycles. The monoisotopic (exact) mass is 232 g/mol. The van der Waals surface area contributed by atoms with Gasteiger partial charge in [0.15, 0.2) is 11.1 Å². The van der Waals surface area contributed by atoms with E-state index < -0.39 is 11.1 Å². The number of benzene rings is 2. The minimum Gasteiger partial charge on any atom is -0.302 e. The Morgan fingerprint density at radius 3 is 2.25 bits per heavy atom. The van der Waals surface area contributed by atoms with Gasteiger partial charge in [-0.1, -0.05) is 42.0 Å². The third-order valence-electron chi connectivity index (χ3n) is 2.41. The molecule has 2 nitrogen and oxygen atoms in total. The van der Waals surface area contributed by atoms with Crippen LogP contribution in [0.15, 0.2) is 53.4 Å². The number of rotatable bonds is 2. The van der Waals surface area contributed by atoms with E-state index in [1.807, 2.05) is 37.3 Å². The minimum absolute atomic E-state index is 0.427. The fourth-order valence-electron chi connectivity index (χ4n) is 1.59. The fraction of sp³-hybridized carbons (Fsp3) is 0.0769. The second kappa shape index (κ2) is 4.60. The second-order valence-electron chi connectivity index (χ2n) is 3.64. The van der Waals surface area contributed by atoms with E-state index in [1.54, 1.807) is 12.1 Å². The highest BCUT2D eigenvalue weighted by atomic mass is 32.2. The first-order chi connectivity index (χ1) is 7.66. The topological polar surface area (TPSA) is 37.3 Å². The van der Waals surface area contributed by atoms with E-state index in [4.69, 9.17) is 4.55 Å². The molecule has 0 amide bonds. The zero-order valence-corrected chi connectivity index (χ0v) is 9.70. The van der Waals surface area contributed by atoms with E-state index in [-0.39, 0.29) is 0 Å². The molecule has 82 valence electrons. The second-order valence-corrected chi connectivity index (χ2v) is 4.61. The van der Waals surface area contributed by atoms with Crippen LogP contribution in [0.5, 0.6) is 0 Å². The standard InChI is InChI=1S/C13H12O2S/c1-10-3-2-4-12(9-10)11-5-7-13(8-6-11)16(14)15/h2-9H,1H3,(H,14,15). The average Bonchev–Trinajstić information content (AvgIpc) is 2.29. The van der Waals surface area contributed by atoms with Gasteiger partial charge < -0.3 is 4.55 Å². The van der Waals surface area contributed by atoms with Crippen LogP contribution in [0.4, 0.5) is 0 Å². The van der Waals surface area contributed by atoms with E-state index in [1.165, 1.54) is 5.56 Å². The van der Waals surface area contributed by atoms with Crippen molar-refractivity contribution in [2.45, 2.75) is 11.8 Å². The third kappa shape index (κ3) is 2.38. The summed E-state index contributed by atoms with van der Waals surface area (Å²) in [6, 6.07) is 15.2. The van der Waals surface area contributed by atoms with Crippen LogP contribution in [0.2, 0.25) is 0 Å². The van der Waals surface area contributed by atoms with Gasteiger partial charge in [0.05, 0.1) is 4.90 Å². The van der Waals surface area contributed by atoms with Crippen LogP contribution >= 0.6 is 0 Å².